The van der Waals surface area contributed by atoms with Gasteiger partial charge in [-0.1, -0.05) is 5.57 Å². The topological polar surface area (TPSA) is 55.8 Å². The first-order valence-corrected chi connectivity index (χ1v) is 7.16. The van der Waals surface area contributed by atoms with Gasteiger partial charge in [0, 0.05) is 18.8 Å². The van der Waals surface area contributed by atoms with Crippen LogP contribution in [0.2, 0.25) is 0 Å². The Labute approximate surface area is 112 Å². The Bertz CT molecular complexity index is 510. The molecule has 3 heterocycles. The fraction of sp³-hybridized carbons (Fsp3) is 0.800. The molecule has 1 spiro atoms. The molecule has 4 rings (SSSR count). The third kappa shape index (κ3) is 1.20. The van der Waals surface area contributed by atoms with Crippen LogP contribution in [0.4, 0.5) is 0 Å². The van der Waals surface area contributed by atoms with Gasteiger partial charge >= 0.3 is 5.97 Å². The van der Waals surface area contributed by atoms with Crippen LogP contribution in [0, 0.1) is 11.8 Å². The third-order valence-corrected chi connectivity index (χ3v) is 5.99. The van der Waals surface area contributed by atoms with Crippen molar-refractivity contribution < 1.29 is 19.4 Å². The first-order chi connectivity index (χ1) is 8.87. The molecule has 0 saturated carbocycles. The lowest BCUT2D eigenvalue weighted by molar-refractivity contribution is -0.161. The second kappa shape index (κ2) is 3.23. The number of rotatable bonds is 0. The number of hydrogen-bond donors (Lipinski definition) is 1. The summed E-state index contributed by atoms with van der Waals surface area (Å²) in [4.78, 5) is 11.9. The minimum atomic E-state index is -0.483. The molecule has 0 radical (unpaired) electrons. The van der Waals surface area contributed by atoms with E-state index in [1.54, 1.807) is 0 Å². The van der Waals surface area contributed by atoms with E-state index in [-0.39, 0.29) is 35.6 Å². The molecule has 19 heavy (non-hydrogen) atoms. The average molecular weight is 264 g/mol. The number of carbonyl (C=O) groups is 1. The van der Waals surface area contributed by atoms with Gasteiger partial charge in [-0.25, -0.2) is 0 Å². The molecular weight excluding hydrogens is 244 g/mol. The Morgan fingerprint density at radius 1 is 1.42 bits per heavy atom. The van der Waals surface area contributed by atoms with Crippen LogP contribution in [0.1, 0.15) is 40.0 Å². The zero-order valence-corrected chi connectivity index (χ0v) is 11.6. The predicted octanol–water partition coefficient (Wildman–Crippen LogP) is 1.57. The number of ether oxygens (including phenoxy) is 2. The van der Waals surface area contributed by atoms with Gasteiger partial charge in [0.25, 0.3) is 0 Å². The van der Waals surface area contributed by atoms with Gasteiger partial charge in [-0.3, -0.25) is 4.79 Å². The van der Waals surface area contributed by atoms with Crippen molar-refractivity contribution >= 4 is 5.97 Å². The highest BCUT2D eigenvalue weighted by atomic mass is 16.6. The highest BCUT2D eigenvalue weighted by molar-refractivity contribution is 5.77. The Kier molecular flexibility index (Phi) is 2.03. The molecule has 4 nitrogen and oxygen atoms in total. The molecule has 0 aromatic carbocycles. The van der Waals surface area contributed by atoms with Crippen LogP contribution >= 0.6 is 0 Å². The van der Waals surface area contributed by atoms with Crippen LogP contribution in [-0.2, 0) is 14.3 Å². The van der Waals surface area contributed by atoms with Crippen LogP contribution in [0.15, 0.2) is 11.1 Å². The standard InChI is InChI=1S/C15H20O4/c1-7-9-5-15-8(2)13(17)18-12(15)6-14(3,19-15)10(9)4-11(7)16/h8,10-12,16H,4-6H2,1-3H3/t8-,10-,11+,12+,14-,15+/m1/s1. The Hall–Kier alpha value is -0.870. The van der Waals surface area contributed by atoms with E-state index in [9.17, 15) is 9.90 Å². The molecule has 2 bridgehead atoms. The molecule has 1 aliphatic carbocycles. The van der Waals surface area contributed by atoms with E-state index in [0.29, 0.717) is 0 Å². The van der Waals surface area contributed by atoms with E-state index in [1.807, 2.05) is 13.8 Å². The molecular formula is C15H20O4. The summed E-state index contributed by atoms with van der Waals surface area (Å²) in [6.45, 7) is 6.04. The van der Waals surface area contributed by atoms with E-state index in [2.05, 4.69) is 6.92 Å². The zero-order valence-electron chi connectivity index (χ0n) is 11.6. The maximum Gasteiger partial charge on any atom is 0.312 e. The van der Waals surface area contributed by atoms with E-state index in [1.165, 1.54) is 5.57 Å². The maximum atomic E-state index is 11.9. The van der Waals surface area contributed by atoms with Gasteiger partial charge in [0.15, 0.2) is 0 Å². The minimum Gasteiger partial charge on any atom is -0.459 e. The first-order valence-electron chi connectivity index (χ1n) is 7.16. The highest BCUT2D eigenvalue weighted by Crippen LogP contribution is 2.62. The van der Waals surface area contributed by atoms with Crippen LogP contribution in [0.5, 0.6) is 0 Å². The molecule has 0 aromatic rings. The van der Waals surface area contributed by atoms with E-state index in [0.717, 1.165) is 24.8 Å². The minimum absolute atomic E-state index is 0.108. The molecule has 3 fully saturated rings. The Balaban J connectivity index is 1.84. The number of fused-ring (bicyclic) bond motifs is 3. The summed E-state index contributed by atoms with van der Waals surface area (Å²) in [5, 5.41) is 10.1. The second-order valence-electron chi connectivity index (χ2n) is 6.91. The quantitative estimate of drug-likeness (QED) is 0.533. The molecule has 4 heteroatoms. The maximum absolute atomic E-state index is 11.9. The van der Waals surface area contributed by atoms with E-state index >= 15 is 0 Å². The van der Waals surface area contributed by atoms with Crippen molar-refractivity contribution in [2.24, 2.45) is 11.8 Å². The summed E-state index contributed by atoms with van der Waals surface area (Å²) in [6.07, 6.45) is 1.80. The average Bonchev–Trinajstić information content (AvgIpc) is 2.84. The van der Waals surface area contributed by atoms with Gasteiger partial charge in [-0.15, -0.1) is 0 Å². The van der Waals surface area contributed by atoms with Crippen molar-refractivity contribution in [3.8, 4) is 0 Å². The fourth-order valence-electron chi connectivity index (χ4n) is 4.76. The number of aliphatic hydroxyl groups is 1. The number of aliphatic hydroxyl groups excluding tert-OH is 1. The third-order valence-electron chi connectivity index (χ3n) is 5.99. The molecule has 3 aliphatic heterocycles. The SMILES string of the molecule is CC1=C2C[C@@]34O[C@](C)(C[C@@H]3OC(=O)[C@H]4C)[C@@H]2C[C@@H]1O. The fourth-order valence-corrected chi connectivity index (χ4v) is 4.76. The smallest absolute Gasteiger partial charge is 0.312 e. The second-order valence-corrected chi connectivity index (χ2v) is 6.91. The lowest BCUT2D eigenvalue weighted by atomic mass is 9.77. The summed E-state index contributed by atoms with van der Waals surface area (Å²) in [5.74, 6) is -0.0646. The van der Waals surface area contributed by atoms with Crippen molar-refractivity contribution in [1.29, 1.82) is 0 Å². The monoisotopic (exact) mass is 264 g/mol. The molecule has 104 valence electrons. The van der Waals surface area contributed by atoms with Gasteiger partial charge in [0.1, 0.15) is 11.7 Å². The summed E-state index contributed by atoms with van der Waals surface area (Å²) in [5.41, 5.74) is 1.63. The normalized spacial score (nSPS) is 55.3. The van der Waals surface area contributed by atoms with Gasteiger partial charge in [0.2, 0.25) is 0 Å². The lowest BCUT2D eigenvalue weighted by Gasteiger charge is -2.44. The molecule has 4 aliphatic rings. The predicted molar refractivity (Wildman–Crippen MR) is 67.3 cm³/mol. The van der Waals surface area contributed by atoms with E-state index in [4.69, 9.17) is 9.47 Å². The zero-order chi connectivity index (χ0) is 13.6. The van der Waals surface area contributed by atoms with Crippen molar-refractivity contribution in [2.45, 2.75) is 63.4 Å². The summed E-state index contributed by atoms with van der Waals surface area (Å²) >= 11 is 0. The molecule has 6 atom stereocenters. The van der Waals surface area contributed by atoms with Gasteiger partial charge < -0.3 is 14.6 Å². The van der Waals surface area contributed by atoms with Crippen molar-refractivity contribution in [2.75, 3.05) is 0 Å². The summed E-state index contributed by atoms with van der Waals surface area (Å²) in [7, 11) is 0. The van der Waals surface area contributed by atoms with Crippen LogP contribution in [-0.4, -0.2) is 34.5 Å². The van der Waals surface area contributed by atoms with Crippen LogP contribution in [0.3, 0.4) is 0 Å². The number of hydrogen-bond acceptors (Lipinski definition) is 4. The van der Waals surface area contributed by atoms with Crippen molar-refractivity contribution in [3.05, 3.63) is 11.1 Å². The number of esters is 1. The Morgan fingerprint density at radius 3 is 2.89 bits per heavy atom. The first kappa shape index (κ1) is 11.9. The van der Waals surface area contributed by atoms with Crippen molar-refractivity contribution in [1.82, 2.24) is 0 Å². The van der Waals surface area contributed by atoms with Crippen LogP contribution in [0.25, 0.3) is 0 Å². The largest absolute Gasteiger partial charge is 0.459 e. The molecule has 0 aromatic heterocycles. The molecule has 0 unspecified atom stereocenters. The van der Waals surface area contributed by atoms with Gasteiger partial charge in [0.05, 0.1) is 17.6 Å². The molecule has 0 amide bonds. The van der Waals surface area contributed by atoms with Gasteiger partial charge in [-0.05, 0) is 32.8 Å². The van der Waals surface area contributed by atoms with Crippen molar-refractivity contribution in [3.63, 3.8) is 0 Å². The van der Waals surface area contributed by atoms with E-state index < -0.39 is 5.60 Å². The lowest BCUT2D eigenvalue weighted by Crippen LogP contribution is -2.49. The molecule has 1 N–H and O–H groups in total. The highest BCUT2D eigenvalue weighted by Gasteiger charge is 2.70. The molecule has 3 saturated heterocycles. The summed E-state index contributed by atoms with van der Waals surface area (Å²) in [6, 6.07) is 0. The van der Waals surface area contributed by atoms with Crippen LogP contribution < -0.4 is 0 Å². The Morgan fingerprint density at radius 2 is 2.16 bits per heavy atom. The summed E-state index contributed by atoms with van der Waals surface area (Å²) < 4.78 is 11.9. The number of carbonyl (C=O) groups excluding carboxylic acids is 1. The van der Waals surface area contributed by atoms with Gasteiger partial charge in [-0.2, -0.15) is 0 Å².